The van der Waals surface area contributed by atoms with Crippen LogP contribution in [-0.4, -0.2) is 15.0 Å². The highest BCUT2D eigenvalue weighted by atomic mass is 16.3. The van der Waals surface area contributed by atoms with E-state index in [0.29, 0.717) is 17.5 Å². The largest absolute Gasteiger partial charge is 0.456 e. The van der Waals surface area contributed by atoms with Gasteiger partial charge in [-0.1, -0.05) is 127 Å². The van der Waals surface area contributed by atoms with Gasteiger partial charge in [0.05, 0.1) is 0 Å². The van der Waals surface area contributed by atoms with Crippen molar-refractivity contribution in [2.75, 3.05) is 0 Å². The van der Waals surface area contributed by atoms with Crippen molar-refractivity contribution in [1.82, 2.24) is 15.0 Å². The van der Waals surface area contributed by atoms with E-state index >= 15 is 0 Å². The second kappa shape index (κ2) is 11.2. The molecule has 5 nitrogen and oxygen atoms in total. The zero-order valence-corrected chi connectivity index (χ0v) is 27.7. The Morgan fingerprint density at radius 2 is 1.02 bits per heavy atom. The number of para-hydroxylation sites is 1. The Bertz CT molecular complexity index is 3190. The Morgan fingerprint density at radius 3 is 1.88 bits per heavy atom. The Balaban J connectivity index is 1.15. The molecule has 5 heteroatoms. The van der Waals surface area contributed by atoms with Gasteiger partial charge in [-0.05, 0) is 63.5 Å². The van der Waals surface area contributed by atoms with Crippen molar-refractivity contribution in [3.05, 3.63) is 164 Å². The summed E-state index contributed by atoms with van der Waals surface area (Å²) >= 11 is 0. The summed E-state index contributed by atoms with van der Waals surface area (Å²) in [6, 6.07) is 56.3. The summed E-state index contributed by atoms with van der Waals surface area (Å²) in [5, 5.41) is 8.73. The van der Waals surface area contributed by atoms with Crippen LogP contribution in [0.2, 0.25) is 0 Å². The van der Waals surface area contributed by atoms with Crippen LogP contribution >= 0.6 is 0 Å². The highest BCUT2D eigenvalue weighted by Crippen LogP contribution is 2.42. The summed E-state index contributed by atoms with van der Waals surface area (Å²) in [5.41, 5.74) is 8.10. The number of hydrogen-bond acceptors (Lipinski definition) is 5. The molecular formula is C47H27N3O2. The Hall–Kier alpha value is -7.11. The van der Waals surface area contributed by atoms with Gasteiger partial charge in [0.1, 0.15) is 22.3 Å². The number of aromatic nitrogens is 3. The third-order valence-corrected chi connectivity index (χ3v) is 10.1. The number of nitrogens with zero attached hydrogens (tertiary/aromatic N) is 3. The number of rotatable bonds is 4. The minimum absolute atomic E-state index is 0.564. The fourth-order valence-electron chi connectivity index (χ4n) is 7.65. The van der Waals surface area contributed by atoms with Crippen LogP contribution in [-0.2, 0) is 0 Å². The van der Waals surface area contributed by atoms with Crippen LogP contribution in [0.1, 0.15) is 0 Å². The van der Waals surface area contributed by atoms with Crippen molar-refractivity contribution in [3.63, 3.8) is 0 Å². The molecule has 11 aromatic rings. The van der Waals surface area contributed by atoms with E-state index in [4.69, 9.17) is 23.8 Å². The number of fused-ring (bicyclic) bond motifs is 8. The molecule has 0 saturated carbocycles. The lowest BCUT2D eigenvalue weighted by Gasteiger charge is -2.10. The summed E-state index contributed by atoms with van der Waals surface area (Å²) in [6.07, 6.45) is 0. The van der Waals surface area contributed by atoms with Crippen LogP contribution in [0.25, 0.3) is 111 Å². The zero-order chi connectivity index (χ0) is 34.2. The predicted molar refractivity (Wildman–Crippen MR) is 211 cm³/mol. The lowest BCUT2D eigenvalue weighted by atomic mass is 9.95. The van der Waals surface area contributed by atoms with Gasteiger partial charge in [-0.15, -0.1) is 0 Å². The summed E-state index contributed by atoms with van der Waals surface area (Å²) < 4.78 is 13.1. The van der Waals surface area contributed by atoms with Gasteiger partial charge in [0.2, 0.25) is 0 Å². The van der Waals surface area contributed by atoms with Crippen molar-refractivity contribution in [2.45, 2.75) is 0 Å². The molecule has 0 aliphatic carbocycles. The molecule has 0 atom stereocenters. The molecule has 0 unspecified atom stereocenters. The van der Waals surface area contributed by atoms with Gasteiger partial charge in [0.15, 0.2) is 17.5 Å². The first-order valence-electron chi connectivity index (χ1n) is 17.3. The standard InChI is InChI=1S/C47H27N3O2/c1-2-12-29(13-3-1)42-34-16-7-6-15-31(34)26-38-35-24-23-33(27-41(35)52-44(38)42)46-48-45(32-22-21-28-11-4-5-14-30(28)25-32)49-47(50-46)37-18-10-20-40-43(37)36-17-8-9-19-39(36)51-40/h1-27H. The lowest BCUT2D eigenvalue weighted by molar-refractivity contribution is 0.669. The quantitative estimate of drug-likeness (QED) is 0.187. The van der Waals surface area contributed by atoms with Gasteiger partial charge in [-0.25, -0.2) is 15.0 Å². The highest BCUT2D eigenvalue weighted by molar-refractivity contribution is 6.18. The fourth-order valence-corrected chi connectivity index (χ4v) is 7.65. The van der Waals surface area contributed by atoms with Crippen molar-refractivity contribution in [3.8, 4) is 45.3 Å². The maximum Gasteiger partial charge on any atom is 0.164 e. The Labute approximate surface area is 297 Å². The van der Waals surface area contributed by atoms with E-state index in [1.54, 1.807) is 0 Å². The molecule has 3 heterocycles. The summed E-state index contributed by atoms with van der Waals surface area (Å²) in [7, 11) is 0. The van der Waals surface area contributed by atoms with Gasteiger partial charge in [0, 0.05) is 43.8 Å². The van der Waals surface area contributed by atoms with Crippen molar-refractivity contribution < 1.29 is 8.83 Å². The van der Waals surface area contributed by atoms with Crippen molar-refractivity contribution >= 4 is 65.4 Å². The van der Waals surface area contributed by atoms with Crippen LogP contribution in [0.3, 0.4) is 0 Å². The van der Waals surface area contributed by atoms with Crippen LogP contribution in [0, 0.1) is 0 Å². The van der Waals surface area contributed by atoms with E-state index in [0.717, 1.165) is 87.9 Å². The second-order valence-corrected chi connectivity index (χ2v) is 13.2. The third kappa shape index (κ3) is 4.46. The van der Waals surface area contributed by atoms with E-state index < -0.39 is 0 Å². The van der Waals surface area contributed by atoms with Crippen molar-refractivity contribution in [1.29, 1.82) is 0 Å². The Morgan fingerprint density at radius 1 is 0.346 bits per heavy atom. The van der Waals surface area contributed by atoms with Gasteiger partial charge < -0.3 is 8.83 Å². The van der Waals surface area contributed by atoms with E-state index in [-0.39, 0.29) is 0 Å². The average Bonchev–Trinajstić information content (AvgIpc) is 3.77. The first kappa shape index (κ1) is 28.7. The van der Waals surface area contributed by atoms with Crippen LogP contribution in [0.4, 0.5) is 0 Å². The predicted octanol–water partition coefficient (Wildman–Crippen LogP) is 12.6. The molecule has 11 rings (SSSR count). The second-order valence-electron chi connectivity index (χ2n) is 13.2. The highest BCUT2D eigenvalue weighted by Gasteiger charge is 2.20. The molecule has 0 spiro atoms. The van der Waals surface area contributed by atoms with Crippen LogP contribution < -0.4 is 0 Å². The SMILES string of the molecule is c1ccc(-c2c3ccccc3cc3c2oc2cc(-c4nc(-c5ccc6ccccc6c5)nc(-c5cccc6oc7ccccc7c56)n4)ccc23)cc1. The Kier molecular flexibility index (Phi) is 6.18. The van der Waals surface area contributed by atoms with E-state index in [1.165, 1.54) is 5.39 Å². The molecule has 0 N–H and O–H groups in total. The van der Waals surface area contributed by atoms with Gasteiger partial charge in [-0.3, -0.25) is 0 Å². The van der Waals surface area contributed by atoms with Crippen LogP contribution in [0.15, 0.2) is 173 Å². The molecule has 8 aromatic carbocycles. The van der Waals surface area contributed by atoms with E-state index in [9.17, 15) is 0 Å². The molecule has 0 fully saturated rings. The normalized spacial score (nSPS) is 11.8. The molecule has 0 radical (unpaired) electrons. The molecule has 3 aromatic heterocycles. The summed E-state index contributed by atoms with van der Waals surface area (Å²) in [6.45, 7) is 0. The summed E-state index contributed by atoms with van der Waals surface area (Å²) in [5.74, 6) is 1.74. The lowest BCUT2D eigenvalue weighted by Crippen LogP contribution is -2.00. The average molecular weight is 666 g/mol. The van der Waals surface area contributed by atoms with Gasteiger partial charge >= 0.3 is 0 Å². The van der Waals surface area contributed by atoms with Crippen LogP contribution in [0.5, 0.6) is 0 Å². The number of furan rings is 2. The molecule has 0 amide bonds. The molecule has 0 aliphatic rings. The van der Waals surface area contributed by atoms with Gasteiger partial charge in [-0.2, -0.15) is 0 Å². The van der Waals surface area contributed by atoms with E-state index in [1.807, 2.05) is 36.4 Å². The number of benzene rings is 8. The zero-order valence-electron chi connectivity index (χ0n) is 27.7. The first-order chi connectivity index (χ1) is 25.7. The first-order valence-corrected chi connectivity index (χ1v) is 17.3. The number of hydrogen-bond donors (Lipinski definition) is 0. The molecule has 0 aliphatic heterocycles. The topological polar surface area (TPSA) is 65.0 Å². The minimum Gasteiger partial charge on any atom is -0.456 e. The summed E-state index contributed by atoms with van der Waals surface area (Å²) in [4.78, 5) is 15.4. The minimum atomic E-state index is 0.564. The molecule has 242 valence electrons. The fraction of sp³-hybridized carbons (Fsp3) is 0. The molecular weight excluding hydrogens is 639 g/mol. The maximum absolute atomic E-state index is 6.80. The molecule has 0 saturated heterocycles. The smallest absolute Gasteiger partial charge is 0.164 e. The monoisotopic (exact) mass is 665 g/mol. The molecule has 0 bridgehead atoms. The van der Waals surface area contributed by atoms with Crippen molar-refractivity contribution in [2.24, 2.45) is 0 Å². The molecule has 52 heavy (non-hydrogen) atoms. The van der Waals surface area contributed by atoms with Gasteiger partial charge in [0.25, 0.3) is 0 Å². The maximum atomic E-state index is 6.80. The third-order valence-electron chi connectivity index (χ3n) is 10.1. The van der Waals surface area contributed by atoms with E-state index in [2.05, 4.69) is 127 Å².